The number of nitrogens with zero attached hydrogens (tertiary/aromatic N) is 3. The highest BCUT2D eigenvalue weighted by molar-refractivity contribution is 5.40. The number of imidazole rings is 1. The van der Waals surface area contributed by atoms with Crippen LogP contribution in [0.5, 0.6) is 0 Å². The van der Waals surface area contributed by atoms with Crippen molar-refractivity contribution in [2.24, 2.45) is 0 Å². The van der Waals surface area contributed by atoms with Crippen LogP contribution < -0.4 is 5.32 Å². The van der Waals surface area contributed by atoms with Crippen LogP contribution in [0, 0.1) is 0 Å². The molecule has 84 valence electrons. The van der Waals surface area contributed by atoms with Gasteiger partial charge in [-0.1, -0.05) is 6.07 Å². The van der Waals surface area contributed by atoms with Crippen molar-refractivity contribution in [2.75, 3.05) is 26.7 Å². The Morgan fingerprint density at radius 3 is 3.19 bits per heavy atom. The van der Waals surface area contributed by atoms with Crippen LogP contribution in [0.1, 0.15) is 11.7 Å². The second-order valence-corrected chi connectivity index (χ2v) is 4.33. The summed E-state index contributed by atoms with van der Waals surface area (Å²) in [5.41, 5.74) is 2.18. The van der Waals surface area contributed by atoms with Crippen molar-refractivity contribution >= 4 is 5.65 Å². The van der Waals surface area contributed by atoms with Gasteiger partial charge in [0.2, 0.25) is 0 Å². The molecule has 0 saturated carbocycles. The lowest BCUT2D eigenvalue weighted by atomic mass is 10.1. The van der Waals surface area contributed by atoms with E-state index in [1.165, 1.54) is 0 Å². The first-order valence-corrected chi connectivity index (χ1v) is 5.69. The molecular weight excluding hydrogens is 200 g/mol. The number of piperazine rings is 1. The molecule has 4 nitrogen and oxygen atoms in total. The maximum absolute atomic E-state index is 4.67. The quantitative estimate of drug-likeness (QED) is 0.769. The van der Waals surface area contributed by atoms with Crippen molar-refractivity contribution in [1.82, 2.24) is 19.6 Å². The fourth-order valence-corrected chi connectivity index (χ4v) is 2.25. The van der Waals surface area contributed by atoms with Gasteiger partial charge in [-0.05, 0) is 19.2 Å². The maximum atomic E-state index is 4.67. The number of likely N-dealkylation sites (N-methyl/N-ethyl adjacent to an activating group) is 1. The number of hydrogen-bond donors (Lipinski definition) is 1. The van der Waals surface area contributed by atoms with Gasteiger partial charge in [-0.3, -0.25) is 4.90 Å². The molecule has 0 bridgehead atoms. The van der Waals surface area contributed by atoms with E-state index in [0.717, 1.165) is 31.0 Å². The van der Waals surface area contributed by atoms with E-state index in [1.54, 1.807) is 0 Å². The van der Waals surface area contributed by atoms with Crippen LogP contribution in [0.3, 0.4) is 0 Å². The number of nitrogens with one attached hydrogen (secondary N) is 1. The summed E-state index contributed by atoms with van der Waals surface area (Å²) in [7, 11) is 2.16. The lowest BCUT2D eigenvalue weighted by molar-refractivity contribution is 0.199. The van der Waals surface area contributed by atoms with Gasteiger partial charge in [0, 0.05) is 32.0 Å². The largest absolute Gasteiger partial charge is 0.313 e. The summed E-state index contributed by atoms with van der Waals surface area (Å²) >= 11 is 0. The van der Waals surface area contributed by atoms with Crippen molar-refractivity contribution in [3.63, 3.8) is 0 Å². The Morgan fingerprint density at radius 2 is 2.38 bits per heavy atom. The molecular formula is C12H16N4. The number of rotatable bonds is 1. The molecule has 1 atom stereocenters. The molecule has 0 amide bonds. The average molecular weight is 216 g/mol. The minimum absolute atomic E-state index is 0.397. The molecule has 3 heterocycles. The average Bonchev–Trinajstić information content (AvgIpc) is 2.73. The monoisotopic (exact) mass is 216 g/mol. The molecule has 4 heteroatoms. The van der Waals surface area contributed by atoms with Gasteiger partial charge >= 0.3 is 0 Å². The summed E-state index contributed by atoms with van der Waals surface area (Å²) in [5.74, 6) is 0. The van der Waals surface area contributed by atoms with E-state index in [-0.39, 0.29) is 0 Å². The molecule has 3 rings (SSSR count). The summed E-state index contributed by atoms with van der Waals surface area (Å²) < 4.78 is 2.08. The van der Waals surface area contributed by atoms with Crippen molar-refractivity contribution in [3.05, 3.63) is 36.3 Å². The van der Waals surface area contributed by atoms with Crippen LogP contribution in [0.4, 0.5) is 0 Å². The maximum Gasteiger partial charge on any atom is 0.137 e. The lowest BCUT2D eigenvalue weighted by Gasteiger charge is -2.31. The Labute approximate surface area is 94.9 Å². The molecule has 1 saturated heterocycles. The Bertz CT molecular complexity index is 457. The number of pyridine rings is 1. The van der Waals surface area contributed by atoms with Crippen molar-refractivity contribution in [3.8, 4) is 0 Å². The van der Waals surface area contributed by atoms with Crippen LogP contribution >= 0.6 is 0 Å². The van der Waals surface area contributed by atoms with Gasteiger partial charge in [0.15, 0.2) is 0 Å². The molecule has 16 heavy (non-hydrogen) atoms. The first-order chi connectivity index (χ1) is 7.84. The molecule has 0 spiro atoms. The number of aromatic nitrogens is 2. The predicted molar refractivity (Wildman–Crippen MR) is 63.4 cm³/mol. The first-order valence-electron chi connectivity index (χ1n) is 5.69. The molecule has 1 aliphatic heterocycles. The second-order valence-electron chi connectivity index (χ2n) is 4.33. The second kappa shape index (κ2) is 3.88. The Morgan fingerprint density at radius 1 is 1.44 bits per heavy atom. The van der Waals surface area contributed by atoms with Gasteiger partial charge in [-0.25, -0.2) is 4.98 Å². The number of fused-ring (bicyclic) bond motifs is 1. The van der Waals surface area contributed by atoms with E-state index < -0.39 is 0 Å². The standard InChI is InChI=1S/C12H16N4/c1-15-7-5-13-8-11(15)10-9-16-6-3-2-4-12(16)14-10/h2-4,6,9,11,13H,5,7-8H2,1H3. The summed E-state index contributed by atoms with van der Waals surface area (Å²) in [6.45, 7) is 3.14. The van der Waals surface area contributed by atoms with Crippen molar-refractivity contribution in [2.45, 2.75) is 6.04 Å². The molecule has 1 N–H and O–H groups in total. The third-order valence-electron chi connectivity index (χ3n) is 3.24. The zero-order chi connectivity index (χ0) is 11.0. The molecule has 2 aromatic rings. The van der Waals surface area contributed by atoms with Gasteiger partial charge < -0.3 is 9.72 Å². The highest BCUT2D eigenvalue weighted by Crippen LogP contribution is 2.19. The van der Waals surface area contributed by atoms with Crippen LogP contribution in [0.2, 0.25) is 0 Å². The number of hydrogen-bond acceptors (Lipinski definition) is 3. The third kappa shape index (κ3) is 1.60. The van der Waals surface area contributed by atoms with Crippen molar-refractivity contribution < 1.29 is 0 Å². The predicted octanol–water partition coefficient (Wildman–Crippen LogP) is 0.910. The fraction of sp³-hybridized carbons (Fsp3) is 0.417. The molecule has 2 aromatic heterocycles. The van der Waals surface area contributed by atoms with Crippen LogP contribution in [0.15, 0.2) is 30.6 Å². The fourth-order valence-electron chi connectivity index (χ4n) is 2.25. The normalized spacial score (nSPS) is 22.7. The van der Waals surface area contributed by atoms with E-state index in [0.29, 0.717) is 6.04 Å². The van der Waals surface area contributed by atoms with Gasteiger partial charge in [-0.2, -0.15) is 0 Å². The minimum atomic E-state index is 0.397. The Hall–Kier alpha value is -1.39. The minimum Gasteiger partial charge on any atom is -0.313 e. The molecule has 0 aliphatic carbocycles. The molecule has 1 aliphatic rings. The summed E-state index contributed by atoms with van der Waals surface area (Å²) in [6.07, 6.45) is 4.17. The molecule has 0 aromatic carbocycles. The molecule has 0 radical (unpaired) electrons. The highest BCUT2D eigenvalue weighted by Gasteiger charge is 2.22. The van der Waals surface area contributed by atoms with E-state index in [2.05, 4.69) is 32.8 Å². The zero-order valence-corrected chi connectivity index (χ0v) is 9.43. The molecule has 1 unspecified atom stereocenters. The lowest BCUT2D eigenvalue weighted by Crippen LogP contribution is -2.43. The smallest absolute Gasteiger partial charge is 0.137 e. The zero-order valence-electron chi connectivity index (χ0n) is 9.43. The topological polar surface area (TPSA) is 32.6 Å². The van der Waals surface area contributed by atoms with E-state index >= 15 is 0 Å². The van der Waals surface area contributed by atoms with Gasteiger partial charge in [0.25, 0.3) is 0 Å². The SMILES string of the molecule is CN1CCNCC1c1cn2ccccc2n1. The Balaban J connectivity index is 1.98. The van der Waals surface area contributed by atoms with Gasteiger partial charge in [-0.15, -0.1) is 0 Å². The summed E-state index contributed by atoms with van der Waals surface area (Å²) in [6, 6.07) is 6.49. The van der Waals surface area contributed by atoms with Gasteiger partial charge in [0.1, 0.15) is 5.65 Å². The van der Waals surface area contributed by atoms with Crippen molar-refractivity contribution in [1.29, 1.82) is 0 Å². The van der Waals surface area contributed by atoms with E-state index in [4.69, 9.17) is 0 Å². The summed E-state index contributed by atoms with van der Waals surface area (Å²) in [4.78, 5) is 7.03. The van der Waals surface area contributed by atoms with Crippen LogP contribution in [-0.4, -0.2) is 41.0 Å². The highest BCUT2D eigenvalue weighted by atomic mass is 15.2. The first kappa shape index (κ1) is 9.81. The molecule has 1 fully saturated rings. The third-order valence-corrected chi connectivity index (χ3v) is 3.24. The Kier molecular flexibility index (Phi) is 2.38. The van der Waals surface area contributed by atoms with E-state index in [9.17, 15) is 0 Å². The van der Waals surface area contributed by atoms with Gasteiger partial charge in [0.05, 0.1) is 11.7 Å². The van der Waals surface area contributed by atoms with Crippen LogP contribution in [-0.2, 0) is 0 Å². The van der Waals surface area contributed by atoms with E-state index in [1.807, 2.05) is 24.4 Å². The van der Waals surface area contributed by atoms with Crippen LogP contribution in [0.25, 0.3) is 5.65 Å². The summed E-state index contributed by atoms with van der Waals surface area (Å²) in [5, 5.41) is 3.42.